The molecule has 0 atom stereocenters. The molecule has 2 N–H and O–H groups in total. The van der Waals surface area contributed by atoms with Gasteiger partial charge in [0.15, 0.2) is 0 Å². The van der Waals surface area contributed by atoms with Gasteiger partial charge in [-0.15, -0.1) is 0 Å². The Kier molecular flexibility index (Phi) is 3050. The summed E-state index contributed by atoms with van der Waals surface area (Å²) in [5.41, 5.74) is 0. The van der Waals surface area contributed by atoms with Crippen molar-refractivity contribution in [2.24, 2.45) is 0 Å². The van der Waals surface area contributed by atoms with Crippen LogP contribution in [0, 0.1) is 0 Å². The van der Waals surface area contributed by atoms with Crippen molar-refractivity contribution in [2.45, 2.75) is 7.43 Å². The molecule has 0 aromatic carbocycles. The minimum absolute atomic E-state index is 0. The standard InChI is InChI=1S/CH4.2H2O.Pd/h1H4;2*1H2;/q;;;+2/p-2. The summed E-state index contributed by atoms with van der Waals surface area (Å²) in [6.45, 7) is 0. The molecule has 4 heavy (non-hydrogen) atoms. The Morgan fingerprint density at radius 1 is 0.750 bits per heavy atom. The molecular weight excluding hydrogens is 150 g/mol. The van der Waals surface area contributed by atoms with E-state index in [-0.39, 0.29) is 38.8 Å². The van der Waals surface area contributed by atoms with E-state index in [1.165, 1.54) is 0 Å². The van der Waals surface area contributed by atoms with Crippen LogP contribution in [-0.4, -0.2) is 11.0 Å². The van der Waals surface area contributed by atoms with Crippen LogP contribution in [0.4, 0.5) is 0 Å². The van der Waals surface area contributed by atoms with Crippen molar-refractivity contribution >= 4 is 0 Å². The molecule has 0 fully saturated rings. The van der Waals surface area contributed by atoms with E-state index in [0.29, 0.717) is 0 Å². The Balaban J connectivity index is 0. The second-order valence-corrected chi connectivity index (χ2v) is 0. The first-order chi connectivity index (χ1) is 0. The molecule has 0 aliphatic rings. The maximum absolute atomic E-state index is 0. The predicted molar refractivity (Wildman–Crippen MR) is 10.6 cm³/mol. The molecule has 0 rings (SSSR count). The molecule has 0 aromatic rings. The van der Waals surface area contributed by atoms with Crippen LogP contribution in [0.5, 0.6) is 0 Å². The fourth-order valence-electron chi connectivity index (χ4n) is 0. The van der Waals surface area contributed by atoms with Crippen LogP contribution in [0.3, 0.4) is 0 Å². The molecule has 0 bridgehead atoms. The van der Waals surface area contributed by atoms with Crippen LogP contribution >= 0.6 is 0 Å². The molecule has 0 saturated carbocycles. The third kappa shape index (κ3) is 19.1. The van der Waals surface area contributed by atoms with Crippen LogP contribution in [-0.2, 0) is 20.4 Å². The van der Waals surface area contributed by atoms with Gasteiger partial charge in [-0.2, -0.15) is 0 Å². The average molecular weight is 156 g/mol. The molecule has 0 amide bonds. The Labute approximate surface area is 39.5 Å². The van der Waals surface area contributed by atoms with Crippen LogP contribution in [0.2, 0.25) is 0 Å². The Hall–Kier alpha value is 0.582. The molecule has 0 aliphatic heterocycles. The Morgan fingerprint density at radius 2 is 0.750 bits per heavy atom. The van der Waals surface area contributed by atoms with E-state index in [2.05, 4.69) is 0 Å². The number of hydrogen-bond acceptors (Lipinski definition) is 2. The summed E-state index contributed by atoms with van der Waals surface area (Å²) in [6.07, 6.45) is 0. The van der Waals surface area contributed by atoms with E-state index in [4.69, 9.17) is 0 Å². The third-order valence-electron chi connectivity index (χ3n) is 0. The van der Waals surface area contributed by atoms with Crippen molar-refractivity contribution in [3.05, 3.63) is 0 Å². The average Bonchev–Trinajstić information content (AvgIpc) is 0. The summed E-state index contributed by atoms with van der Waals surface area (Å²) in [7, 11) is 0. The normalized spacial score (nSPS) is 0. The van der Waals surface area contributed by atoms with Crippen molar-refractivity contribution in [2.75, 3.05) is 0 Å². The molecule has 3 heteroatoms. The maximum Gasteiger partial charge on any atom is 2.00 e. The van der Waals surface area contributed by atoms with Gasteiger partial charge in [0.05, 0.1) is 0 Å². The molecule has 0 aromatic heterocycles. The number of rotatable bonds is 0. The fraction of sp³-hybridized carbons (Fsp3) is 1.00. The van der Waals surface area contributed by atoms with Gasteiger partial charge in [-0.1, -0.05) is 7.43 Å². The molecule has 0 heterocycles. The van der Waals surface area contributed by atoms with Gasteiger partial charge in [-0.3, -0.25) is 0 Å². The molecule has 0 spiro atoms. The van der Waals surface area contributed by atoms with Gasteiger partial charge in [-0.05, 0) is 0 Å². The minimum atomic E-state index is 0. The van der Waals surface area contributed by atoms with E-state index >= 15 is 0 Å². The van der Waals surface area contributed by atoms with Gasteiger partial charge in [0.1, 0.15) is 0 Å². The SMILES string of the molecule is C.[OH-].[OH-].[Pd+2]. The second-order valence-electron chi connectivity index (χ2n) is 0. The molecule has 0 unspecified atom stereocenters. The smallest absolute Gasteiger partial charge is 0.870 e. The van der Waals surface area contributed by atoms with E-state index < -0.39 is 0 Å². The fourth-order valence-corrected chi connectivity index (χ4v) is 0. The zero-order chi connectivity index (χ0) is 0. The zero-order valence-electron chi connectivity index (χ0n) is 1.21. The Morgan fingerprint density at radius 3 is 0.750 bits per heavy atom. The largest absolute Gasteiger partial charge is 2.00 e. The van der Waals surface area contributed by atoms with Gasteiger partial charge in [0.25, 0.3) is 0 Å². The van der Waals surface area contributed by atoms with Crippen molar-refractivity contribution in [3.63, 3.8) is 0 Å². The summed E-state index contributed by atoms with van der Waals surface area (Å²) in [6, 6.07) is 0. The monoisotopic (exact) mass is 156 g/mol. The quantitative estimate of drug-likeness (QED) is 0.473. The van der Waals surface area contributed by atoms with Crippen molar-refractivity contribution in [1.29, 1.82) is 0 Å². The first-order valence-corrected chi connectivity index (χ1v) is 0. The van der Waals surface area contributed by atoms with Gasteiger partial charge < -0.3 is 11.0 Å². The molecule has 2 nitrogen and oxygen atoms in total. The van der Waals surface area contributed by atoms with Crippen LogP contribution in [0.15, 0.2) is 0 Å². The first kappa shape index (κ1) is 173. The van der Waals surface area contributed by atoms with E-state index in [9.17, 15) is 0 Å². The van der Waals surface area contributed by atoms with Crippen LogP contribution in [0.25, 0.3) is 0 Å². The van der Waals surface area contributed by atoms with Gasteiger partial charge in [0, 0.05) is 0 Å². The van der Waals surface area contributed by atoms with E-state index in [1.54, 1.807) is 0 Å². The molecular formula is CH6O2Pd. The molecule has 0 aliphatic carbocycles. The Bertz CT molecular complexity index is 6.00. The minimum Gasteiger partial charge on any atom is -0.870 e. The molecule has 32 valence electrons. The maximum atomic E-state index is 0. The number of hydrogen-bond donors (Lipinski definition) is 0. The van der Waals surface area contributed by atoms with Crippen molar-refractivity contribution < 1.29 is 31.4 Å². The predicted octanol–water partition coefficient (Wildman–Crippen LogP) is 0.280. The summed E-state index contributed by atoms with van der Waals surface area (Å²) in [5.74, 6) is 0. The van der Waals surface area contributed by atoms with Crippen molar-refractivity contribution in [3.8, 4) is 0 Å². The van der Waals surface area contributed by atoms with Crippen molar-refractivity contribution in [1.82, 2.24) is 0 Å². The van der Waals surface area contributed by atoms with Crippen LogP contribution in [0.1, 0.15) is 7.43 Å². The molecule has 0 radical (unpaired) electrons. The topological polar surface area (TPSA) is 60.0 Å². The molecule has 0 saturated heterocycles. The summed E-state index contributed by atoms with van der Waals surface area (Å²) in [5, 5.41) is 0. The summed E-state index contributed by atoms with van der Waals surface area (Å²) >= 11 is 0. The van der Waals surface area contributed by atoms with Gasteiger partial charge >= 0.3 is 20.4 Å². The summed E-state index contributed by atoms with van der Waals surface area (Å²) in [4.78, 5) is 0. The van der Waals surface area contributed by atoms with Gasteiger partial charge in [-0.25, -0.2) is 0 Å². The summed E-state index contributed by atoms with van der Waals surface area (Å²) < 4.78 is 0. The van der Waals surface area contributed by atoms with E-state index in [0.717, 1.165) is 0 Å². The first-order valence-electron chi connectivity index (χ1n) is 0. The van der Waals surface area contributed by atoms with E-state index in [1.807, 2.05) is 0 Å². The second kappa shape index (κ2) is 70.4. The van der Waals surface area contributed by atoms with Gasteiger partial charge in [0.2, 0.25) is 0 Å². The zero-order valence-corrected chi connectivity index (χ0v) is 2.77. The van der Waals surface area contributed by atoms with Crippen LogP contribution < -0.4 is 0 Å². The third-order valence-corrected chi connectivity index (χ3v) is 0.